The number of aromatic hydroxyl groups is 1. The fourth-order valence-electron chi connectivity index (χ4n) is 2.94. The first kappa shape index (κ1) is 17.5. The van der Waals surface area contributed by atoms with Gasteiger partial charge < -0.3 is 15.4 Å². The zero-order chi connectivity index (χ0) is 20.0. The van der Waals surface area contributed by atoms with Crippen LogP contribution in [0.1, 0.15) is 18.5 Å². The second-order valence-corrected chi connectivity index (χ2v) is 7.25. The second kappa shape index (κ2) is 6.78. The summed E-state index contributed by atoms with van der Waals surface area (Å²) >= 11 is 5.96. The Morgan fingerprint density at radius 2 is 2.07 bits per heavy atom. The van der Waals surface area contributed by atoms with Crippen molar-refractivity contribution < 1.29 is 5.11 Å². The smallest absolute Gasteiger partial charge is 0.326 e. The molecule has 0 amide bonds. The van der Waals surface area contributed by atoms with Crippen molar-refractivity contribution in [2.75, 3.05) is 5.32 Å². The van der Waals surface area contributed by atoms with E-state index in [4.69, 9.17) is 16.6 Å². The van der Waals surface area contributed by atoms with E-state index >= 15 is 0 Å². The van der Waals surface area contributed by atoms with Gasteiger partial charge in [0, 0.05) is 22.0 Å². The van der Waals surface area contributed by atoms with Gasteiger partial charge in [0.2, 0.25) is 5.88 Å². The number of fused-ring (bicyclic) bond motifs is 1. The Hall–Kier alpha value is -3.59. The zero-order valence-corrected chi connectivity index (χ0v) is 15.8. The van der Waals surface area contributed by atoms with Gasteiger partial charge in [0.15, 0.2) is 11.1 Å². The first-order valence-corrected chi connectivity index (χ1v) is 9.41. The molecule has 0 radical (unpaired) electrons. The van der Waals surface area contributed by atoms with Crippen molar-refractivity contribution in [1.82, 2.24) is 24.6 Å². The van der Waals surface area contributed by atoms with Crippen molar-refractivity contribution in [3.63, 3.8) is 0 Å². The fourth-order valence-corrected chi connectivity index (χ4v) is 3.07. The van der Waals surface area contributed by atoms with E-state index in [1.54, 1.807) is 28.9 Å². The van der Waals surface area contributed by atoms with E-state index in [0.29, 0.717) is 33.2 Å². The first-order chi connectivity index (χ1) is 14.0. The molecule has 0 bridgehead atoms. The predicted molar refractivity (Wildman–Crippen MR) is 108 cm³/mol. The molecule has 1 aliphatic carbocycles. The van der Waals surface area contributed by atoms with Crippen LogP contribution in [0.2, 0.25) is 5.02 Å². The molecule has 0 saturated heterocycles. The third kappa shape index (κ3) is 3.59. The predicted octanol–water partition coefficient (Wildman–Crippen LogP) is 1.46. The number of nitrogens with zero attached hydrogens (tertiary/aromatic N) is 4. The van der Waals surface area contributed by atoms with Gasteiger partial charge >= 0.3 is 5.69 Å². The van der Waals surface area contributed by atoms with E-state index < -0.39 is 5.69 Å². The average molecular weight is 410 g/mol. The maximum Gasteiger partial charge on any atom is 0.326 e. The summed E-state index contributed by atoms with van der Waals surface area (Å²) in [6.45, 7) is 0. The van der Waals surface area contributed by atoms with E-state index in [9.17, 15) is 9.90 Å². The number of hydrogen-bond acceptors (Lipinski definition) is 6. The fraction of sp³-hybridized carbons (Fsp3) is 0.158. The number of hydrogen-bond donors (Lipinski definition) is 4. The molecule has 0 atom stereocenters. The van der Waals surface area contributed by atoms with Crippen LogP contribution in [-0.2, 0) is 0 Å². The van der Waals surface area contributed by atoms with Crippen LogP contribution in [0, 0.1) is 0 Å². The van der Waals surface area contributed by atoms with Gasteiger partial charge in [-0.1, -0.05) is 11.6 Å². The lowest BCUT2D eigenvalue weighted by atomic mass is 10.3. The Labute approximate surface area is 168 Å². The molecule has 9 nitrogen and oxygen atoms in total. The Morgan fingerprint density at radius 3 is 2.76 bits per heavy atom. The molecule has 4 N–H and O–H groups in total. The molecule has 10 heteroatoms. The Balaban J connectivity index is 1.67. The second-order valence-electron chi connectivity index (χ2n) is 6.81. The number of aromatic nitrogens is 5. The molecule has 1 aromatic carbocycles. The maximum atomic E-state index is 11.4. The summed E-state index contributed by atoms with van der Waals surface area (Å²) in [5, 5.41) is 18.8. The Kier molecular flexibility index (Phi) is 4.09. The van der Waals surface area contributed by atoms with Crippen LogP contribution in [0.15, 0.2) is 46.3 Å². The summed E-state index contributed by atoms with van der Waals surface area (Å²) in [6, 6.07) is 9.44. The average Bonchev–Trinajstić information content (AvgIpc) is 3.33. The quantitative estimate of drug-likeness (QED) is 0.406. The molecule has 0 unspecified atom stereocenters. The number of H-pyrrole nitrogens is 2. The molecule has 1 saturated carbocycles. The topological polar surface area (TPSA) is 123 Å². The van der Waals surface area contributed by atoms with Crippen molar-refractivity contribution >= 4 is 34.8 Å². The van der Waals surface area contributed by atoms with Gasteiger partial charge in [-0.25, -0.2) is 9.78 Å². The van der Waals surface area contributed by atoms with E-state index in [0.717, 1.165) is 18.5 Å². The van der Waals surface area contributed by atoms with Crippen molar-refractivity contribution in [3.8, 4) is 5.88 Å². The number of imidazole rings is 1. The standard InChI is InChI=1S/C19H16ClN7O2/c20-11-1-3-12(4-2-11)22-15-8-16(23-13-5-6-13)27-17(25-15)10(9-21-27)7-14-18(28)26-19(29)24-14/h1-4,7-9,13,22,28H,5-6H2,(H2,24,26,29)/b10-7-,23-16?. The first-order valence-electron chi connectivity index (χ1n) is 9.03. The largest absolute Gasteiger partial charge is 0.493 e. The molecule has 1 fully saturated rings. The summed E-state index contributed by atoms with van der Waals surface area (Å²) in [7, 11) is 0. The van der Waals surface area contributed by atoms with Gasteiger partial charge in [-0.05, 0) is 43.2 Å². The number of nitrogens with one attached hydrogen (secondary N) is 3. The van der Waals surface area contributed by atoms with E-state index in [-0.39, 0.29) is 11.6 Å². The Bertz CT molecular complexity index is 1380. The number of aromatic amines is 2. The highest BCUT2D eigenvalue weighted by atomic mass is 35.5. The highest BCUT2D eigenvalue weighted by molar-refractivity contribution is 6.30. The van der Waals surface area contributed by atoms with Gasteiger partial charge in [-0.3, -0.25) is 9.98 Å². The van der Waals surface area contributed by atoms with E-state index in [1.807, 2.05) is 18.2 Å². The lowest BCUT2D eigenvalue weighted by Crippen LogP contribution is -2.19. The molecular weight excluding hydrogens is 394 g/mol. The molecule has 3 heterocycles. The molecule has 0 aliphatic heterocycles. The van der Waals surface area contributed by atoms with Crippen molar-refractivity contribution in [3.05, 3.63) is 68.4 Å². The van der Waals surface area contributed by atoms with Crippen LogP contribution in [0.4, 0.5) is 11.5 Å². The van der Waals surface area contributed by atoms with Gasteiger partial charge in [-0.2, -0.15) is 9.61 Å². The van der Waals surface area contributed by atoms with Crippen molar-refractivity contribution in [2.45, 2.75) is 18.9 Å². The van der Waals surface area contributed by atoms with Crippen molar-refractivity contribution in [2.24, 2.45) is 4.99 Å². The molecular formula is C19H16ClN7O2. The molecule has 4 aromatic rings. The minimum Gasteiger partial charge on any atom is -0.493 e. The summed E-state index contributed by atoms with van der Waals surface area (Å²) in [4.78, 5) is 25.6. The molecule has 5 rings (SSSR count). The molecule has 146 valence electrons. The monoisotopic (exact) mass is 409 g/mol. The lowest BCUT2D eigenvalue weighted by molar-refractivity contribution is 0.454. The molecule has 29 heavy (non-hydrogen) atoms. The third-order valence-corrected chi connectivity index (χ3v) is 4.75. The summed E-state index contributed by atoms with van der Waals surface area (Å²) < 4.78 is 1.65. The minimum absolute atomic E-state index is 0.243. The van der Waals surface area contributed by atoms with Crippen LogP contribution in [0.5, 0.6) is 5.88 Å². The normalized spacial score (nSPS) is 15.3. The van der Waals surface area contributed by atoms with Crippen LogP contribution in [-0.4, -0.2) is 35.7 Å². The van der Waals surface area contributed by atoms with Gasteiger partial charge in [0.05, 0.1) is 12.2 Å². The van der Waals surface area contributed by atoms with Crippen LogP contribution in [0.25, 0.3) is 11.7 Å². The van der Waals surface area contributed by atoms with Crippen LogP contribution in [0.3, 0.4) is 0 Å². The third-order valence-electron chi connectivity index (χ3n) is 4.49. The molecule has 0 spiro atoms. The molecule has 3 aromatic heterocycles. The lowest BCUT2D eigenvalue weighted by Gasteiger charge is -2.06. The van der Waals surface area contributed by atoms with Gasteiger partial charge in [0.1, 0.15) is 11.5 Å². The SMILES string of the molecule is O=c1[nH]c(O)c(/C=c2/cnn3c(=NC4CC4)cc(Nc4ccc(Cl)cc4)nc23)[nH]1. The van der Waals surface area contributed by atoms with Crippen LogP contribution < -0.4 is 21.7 Å². The molecule has 1 aliphatic rings. The summed E-state index contributed by atoms with van der Waals surface area (Å²) in [5.41, 5.74) is 1.82. The summed E-state index contributed by atoms with van der Waals surface area (Å²) in [6.07, 6.45) is 5.34. The zero-order valence-electron chi connectivity index (χ0n) is 15.1. The summed E-state index contributed by atoms with van der Waals surface area (Å²) in [5.74, 6) is 0.355. The maximum absolute atomic E-state index is 11.4. The number of halogens is 1. The van der Waals surface area contributed by atoms with Crippen molar-refractivity contribution in [1.29, 1.82) is 0 Å². The number of rotatable bonds is 4. The van der Waals surface area contributed by atoms with E-state index in [1.165, 1.54) is 0 Å². The van der Waals surface area contributed by atoms with Gasteiger partial charge in [0.25, 0.3) is 0 Å². The Morgan fingerprint density at radius 1 is 1.28 bits per heavy atom. The minimum atomic E-state index is -0.493. The number of anilines is 2. The van der Waals surface area contributed by atoms with Crippen LogP contribution >= 0.6 is 11.6 Å². The number of benzene rings is 1. The van der Waals surface area contributed by atoms with E-state index in [2.05, 4.69) is 25.4 Å². The highest BCUT2D eigenvalue weighted by Crippen LogP contribution is 2.23. The van der Waals surface area contributed by atoms with Gasteiger partial charge in [-0.15, -0.1) is 0 Å². The highest BCUT2D eigenvalue weighted by Gasteiger charge is 2.20.